The topological polar surface area (TPSA) is 107 Å². The molecule has 37 heavy (non-hydrogen) atoms. The fourth-order valence-corrected chi connectivity index (χ4v) is 9.49. The molecule has 2 fully saturated rings. The van der Waals surface area contributed by atoms with E-state index in [1.807, 2.05) is 38.2 Å². The molecule has 2 heterocycles. The van der Waals surface area contributed by atoms with Crippen molar-refractivity contribution in [1.29, 1.82) is 0 Å². The lowest BCUT2D eigenvalue weighted by Crippen LogP contribution is -2.38. The van der Waals surface area contributed by atoms with Gasteiger partial charge in [0.25, 0.3) is 0 Å². The van der Waals surface area contributed by atoms with Crippen molar-refractivity contribution in [3.05, 3.63) is 29.4 Å². The van der Waals surface area contributed by atoms with E-state index in [1.54, 1.807) is 25.2 Å². The number of rotatable bonds is 7. The van der Waals surface area contributed by atoms with Crippen LogP contribution in [0.1, 0.15) is 77.1 Å². The average Bonchev–Trinajstić information content (AvgIpc) is 3.49. The van der Waals surface area contributed by atoms with Crippen LogP contribution in [0.4, 0.5) is 15.3 Å². The number of aromatic nitrogens is 1. The Morgan fingerprint density at radius 3 is 2.30 bits per heavy atom. The maximum Gasteiger partial charge on any atom is 0.411 e. The van der Waals surface area contributed by atoms with Gasteiger partial charge in [-0.1, -0.05) is 6.07 Å². The van der Waals surface area contributed by atoms with Gasteiger partial charge in [-0.2, -0.15) is 0 Å². The first-order valence-corrected chi connectivity index (χ1v) is 16.2. The largest absolute Gasteiger partial charge is 0.447 e. The van der Waals surface area contributed by atoms with Crippen LogP contribution in [-0.2, 0) is 14.0 Å². The molecule has 0 radical (unpaired) electrons. The summed E-state index contributed by atoms with van der Waals surface area (Å²) in [6, 6.07) is 5.80. The fraction of sp³-hybridized carbons (Fsp3) is 0.593. The molecule has 2 N–H and O–H groups in total. The lowest BCUT2D eigenvalue weighted by Gasteiger charge is -2.28. The van der Waals surface area contributed by atoms with Gasteiger partial charge in [-0.05, 0) is 78.4 Å². The Balaban J connectivity index is 1.49. The highest BCUT2D eigenvalue weighted by molar-refractivity contribution is 7.72. The van der Waals surface area contributed by atoms with E-state index in [1.165, 1.54) is 0 Å². The van der Waals surface area contributed by atoms with Crippen molar-refractivity contribution >= 4 is 41.7 Å². The number of carbonyl (C=O) groups is 2. The standard InChI is InChI=1S/C27H38N3O5PS/c1-17(2)34-26(31)29-20-9-7-19(8-10-20)25-28-16-24(37-25)22-12-11-21(30-27(32)35-18(3)4)15-23(22)36(33)13-5-6-14-36/h11-12,15-20H,5-10,13-14H2,1-4H3,(H,29,31)(H,30,32). The summed E-state index contributed by atoms with van der Waals surface area (Å²) < 4.78 is 24.3. The molecule has 1 aliphatic carbocycles. The second-order valence-corrected chi connectivity index (χ2v) is 14.8. The number of ether oxygens (including phenoxy) is 2. The van der Waals surface area contributed by atoms with Crippen molar-refractivity contribution < 1.29 is 23.6 Å². The molecule has 0 bridgehead atoms. The predicted molar refractivity (Wildman–Crippen MR) is 149 cm³/mol. The molecule has 1 saturated carbocycles. The first kappa shape index (κ1) is 27.6. The number of hydrogen-bond acceptors (Lipinski definition) is 7. The number of anilines is 1. The maximum atomic E-state index is 13.9. The van der Waals surface area contributed by atoms with Crippen molar-refractivity contribution in [1.82, 2.24) is 10.3 Å². The average molecular weight is 548 g/mol. The minimum atomic E-state index is -2.54. The molecular formula is C27H38N3O5PS. The summed E-state index contributed by atoms with van der Waals surface area (Å²) in [4.78, 5) is 29.9. The van der Waals surface area contributed by atoms with E-state index >= 15 is 0 Å². The Morgan fingerprint density at radius 1 is 1.00 bits per heavy atom. The lowest BCUT2D eigenvalue weighted by molar-refractivity contribution is 0.109. The van der Waals surface area contributed by atoms with E-state index in [-0.39, 0.29) is 24.3 Å². The van der Waals surface area contributed by atoms with E-state index in [4.69, 9.17) is 14.5 Å². The number of thiazole rings is 1. The second kappa shape index (κ2) is 12.0. The van der Waals surface area contributed by atoms with Gasteiger partial charge in [0.15, 0.2) is 0 Å². The number of alkyl carbamates (subject to hydrolysis) is 1. The summed E-state index contributed by atoms with van der Waals surface area (Å²) in [5.74, 6) is 0.343. The first-order valence-electron chi connectivity index (χ1n) is 13.3. The zero-order chi connectivity index (χ0) is 26.6. The molecule has 202 valence electrons. The minimum Gasteiger partial charge on any atom is -0.447 e. The predicted octanol–water partition coefficient (Wildman–Crippen LogP) is 6.71. The smallest absolute Gasteiger partial charge is 0.411 e. The third-order valence-electron chi connectivity index (χ3n) is 6.84. The number of hydrogen-bond donors (Lipinski definition) is 2. The van der Waals surface area contributed by atoms with Gasteiger partial charge in [0, 0.05) is 47.0 Å². The molecule has 10 heteroatoms. The number of amides is 2. The Morgan fingerprint density at radius 2 is 1.65 bits per heavy atom. The SMILES string of the molecule is CC(C)OC(=O)Nc1ccc(-c2cnc(C3CCC(NC(=O)OC(C)C)CC3)s2)c(P2(=O)CCCC2)c1. The van der Waals surface area contributed by atoms with Crippen LogP contribution in [0, 0.1) is 0 Å². The third-order valence-corrected chi connectivity index (χ3v) is 11.4. The van der Waals surface area contributed by atoms with E-state index in [9.17, 15) is 14.2 Å². The Kier molecular flexibility index (Phi) is 8.96. The van der Waals surface area contributed by atoms with Crippen LogP contribution >= 0.6 is 18.5 Å². The van der Waals surface area contributed by atoms with Gasteiger partial charge in [-0.15, -0.1) is 11.3 Å². The van der Waals surface area contributed by atoms with Crippen LogP contribution in [0.5, 0.6) is 0 Å². The minimum absolute atomic E-state index is 0.128. The summed E-state index contributed by atoms with van der Waals surface area (Å²) in [5, 5.41) is 7.67. The molecule has 1 aromatic carbocycles. The molecule has 4 rings (SSSR count). The van der Waals surface area contributed by atoms with E-state index in [0.717, 1.165) is 59.3 Å². The van der Waals surface area contributed by atoms with Gasteiger partial charge in [0.2, 0.25) is 0 Å². The normalized spacial score (nSPS) is 21.1. The summed E-state index contributed by atoms with van der Waals surface area (Å²) >= 11 is 1.66. The zero-order valence-corrected chi connectivity index (χ0v) is 23.8. The van der Waals surface area contributed by atoms with Gasteiger partial charge in [-0.25, -0.2) is 14.6 Å². The van der Waals surface area contributed by atoms with Crippen LogP contribution < -0.4 is 15.9 Å². The maximum absolute atomic E-state index is 13.9. The van der Waals surface area contributed by atoms with Crippen molar-refractivity contribution in [2.75, 3.05) is 17.6 Å². The molecule has 0 spiro atoms. The van der Waals surface area contributed by atoms with Crippen molar-refractivity contribution in [2.24, 2.45) is 0 Å². The lowest BCUT2D eigenvalue weighted by atomic mass is 9.86. The van der Waals surface area contributed by atoms with Crippen molar-refractivity contribution in [3.63, 3.8) is 0 Å². The number of nitrogens with one attached hydrogen (secondary N) is 2. The first-order chi connectivity index (χ1) is 17.6. The van der Waals surface area contributed by atoms with Gasteiger partial charge >= 0.3 is 12.2 Å². The number of nitrogens with zero attached hydrogens (tertiary/aromatic N) is 1. The van der Waals surface area contributed by atoms with Crippen LogP contribution in [0.2, 0.25) is 0 Å². The molecule has 2 aliphatic rings. The molecule has 1 aromatic heterocycles. The van der Waals surface area contributed by atoms with Gasteiger partial charge < -0.3 is 19.4 Å². The molecular weight excluding hydrogens is 509 g/mol. The van der Waals surface area contributed by atoms with Gasteiger partial charge in [0.1, 0.15) is 7.14 Å². The van der Waals surface area contributed by atoms with Gasteiger partial charge in [0.05, 0.1) is 22.1 Å². The Hall–Kier alpha value is -2.38. The van der Waals surface area contributed by atoms with E-state index in [0.29, 0.717) is 23.9 Å². The highest BCUT2D eigenvalue weighted by atomic mass is 32.1. The highest BCUT2D eigenvalue weighted by Crippen LogP contribution is 2.53. The molecule has 1 saturated heterocycles. The summed E-state index contributed by atoms with van der Waals surface area (Å²) in [6.07, 6.45) is 7.67. The van der Waals surface area contributed by atoms with Gasteiger partial charge in [-0.3, -0.25) is 5.32 Å². The quantitative estimate of drug-likeness (QED) is 0.373. The molecule has 8 nitrogen and oxygen atoms in total. The number of carbonyl (C=O) groups excluding carboxylic acids is 2. The van der Waals surface area contributed by atoms with Crippen LogP contribution in [0.3, 0.4) is 0 Å². The van der Waals surface area contributed by atoms with Crippen molar-refractivity contribution in [3.8, 4) is 10.4 Å². The second-order valence-electron chi connectivity index (χ2n) is 10.6. The molecule has 2 aromatic rings. The van der Waals surface area contributed by atoms with Crippen LogP contribution in [0.25, 0.3) is 10.4 Å². The monoisotopic (exact) mass is 547 g/mol. The highest BCUT2D eigenvalue weighted by Gasteiger charge is 2.33. The molecule has 0 atom stereocenters. The van der Waals surface area contributed by atoms with Crippen LogP contribution in [0.15, 0.2) is 24.4 Å². The summed E-state index contributed by atoms with van der Waals surface area (Å²) in [6.45, 7) is 7.29. The van der Waals surface area contributed by atoms with E-state index < -0.39 is 13.2 Å². The zero-order valence-electron chi connectivity index (χ0n) is 22.1. The Labute approximate surface area is 223 Å². The molecule has 2 amide bonds. The van der Waals surface area contributed by atoms with E-state index in [2.05, 4.69) is 10.6 Å². The number of benzene rings is 1. The molecule has 0 unspecified atom stereocenters. The molecule has 1 aliphatic heterocycles. The Bertz CT molecular complexity index is 1150. The third kappa shape index (κ3) is 7.14. The van der Waals surface area contributed by atoms with Crippen LogP contribution in [-0.4, -0.2) is 47.7 Å². The summed E-state index contributed by atoms with van der Waals surface area (Å²) in [7, 11) is -2.54. The van der Waals surface area contributed by atoms with Crippen molar-refractivity contribution in [2.45, 2.75) is 90.4 Å². The fourth-order valence-electron chi connectivity index (χ4n) is 5.10. The summed E-state index contributed by atoms with van der Waals surface area (Å²) in [5.41, 5.74) is 1.54.